The number of nitrogens with zero attached hydrogens (tertiary/aromatic N) is 1. The van der Waals surface area contributed by atoms with Crippen LogP contribution in [0.3, 0.4) is 0 Å². The van der Waals surface area contributed by atoms with Crippen molar-refractivity contribution in [2.24, 2.45) is 28.6 Å². The number of rotatable bonds is 6. The van der Waals surface area contributed by atoms with E-state index in [0.717, 1.165) is 58.0 Å². The van der Waals surface area contributed by atoms with E-state index in [0.29, 0.717) is 44.5 Å². The maximum atomic E-state index is 12.7. The highest BCUT2D eigenvalue weighted by atomic mass is 16.7. The summed E-state index contributed by atoms with van der Waals surface area (Å²) in [6, 6.07) is 9.00. The molecule has 47 heavy (non-hydrogen) atoms. The van der Waals surface area contributed by atoms with Gasteiger partial charge in [-0.1, -0.05) is 57.6 Å². The lowest BCUT2D eigenvalue weighted by atomic mass is 9.49. The Hall–Kier alpha value is -1.74. The van der Waals surface area contributed by atoms with Crippen molar-refractivity contribution in [2.75, 3.05) is 45.4 Å². The fraction of sp³-hybridized carbons (Fsp3) is 0.750. The van der Waals surface area contributed by atoms with E-state index in [1.54, 1.807) is 0 Å². The summed E-state index contributed by atoms with van der Waals surface area (Å²) in [5.41, 5.74) is 2.92. The fourth-order valence-electron chi connectivity index (χ4n) is 10.5. The summed E-state index contributed by atoms with van der Waals surface area (Å²) in [5.74, 6) is 0.185. The first kappa shape index (κ1) is 33.7. The molecule has 7 nitrogen and oxygen atoms in total. The molecule has 3 saturated carbocycles. The lowest BCUT2D eigenvalue weighted by molar-refractivity contribution is -0.322. The number of aliphatic hydroxyl groups is 2. The lowest BCUT2D eigenvalue weighted by Crippen LogP contribution is -2.58. The molecule has 5 fully saturated rings. The van der Waals surface area contributed by atoms with Gasteiger partial charge in [-0.15, -0.1) is 0 Å². The molecule has 1 aromatic carbocycles. The Kier molecular flexibility index (Phi) is 8.79. The smallest absolute Gasteiger partial charge is 0.171 e. The van der Waals surface area contributed by atoms with Gasteiger partial charge in [0.1, 0.15) is 0 Å². The maximum absolute atomic E-state index is 12.7. The van der Waals surface area contributed by atoms with E-state index in [-0.39, 0.29) is 29.0 Å². The molecule has 6 aliphatic rings. The third kappa shape index (κ3) is 5.85. The first-order valence-corrected chi connectivity index (χ1v) is 18.4. The Balaban J connectivity index is 1.23. The number of allylic oxidation sites excluding steroid dienone is 1. The topological polar surface area (TPSA) is 80.6 Å². The number of ether oxygens (including phenoxy) is 4. The summed E-state index contributed by atoms with van der Waals surface area (Å²) in [7, 11) is 4.15. The zero-order valence-corrected chi connectivity index (χ0v) is 29.7. The van der Waals surface area contributed by atoms with Crippen molar-refractivity contribution in [3.63, 3.8) is 0 Å². The van der Waals surface area contributed by atoms with Gasteiger partial charge in [0.15, 0.2) is 12.1 Å². The third-order valence-corrected chi connectivity index (χ3v) is 13.2. The van der Waals surface area contributed by atoms with E-state index in [1.807, 2.05) is 6.08 Å². The summed E-state index contributed by atoms with van der Waals surface area (Å²) < 4.78 is 24.8. The standard InChI is InChI=1S/C40H59NO6/c1-27-22-33-30-15-18-38(42)24-39(46-25-36(2,3)26-47-39)19-16-32(38)35(30)31(28-11-13-29(14-12-28)41(5)6)23-37(33,4)40(27,43)17-9-21-45-34-10-7-8-20-44-34/h9,11-14,17,27,30-31,33-34,42-43H,7-8,10,15-16,18-26H2,1-6H3/b17-9-/t27-,30-,31+,33-,34?,37-,38+,40-/m0/s1. The van der Waals surface area contributed by atoms with E-state index in [4.69, 9.17) is 18.9 Å². The van der Waals surface area contributed by atoms with Gasteiger partial charge in [0.05, 0.1) is 31.0 Å². The molecule has 7 heteroatoms. The molecule has 0 amide bonds. The van der Waals surface area contributed by atoms with Crippen LogP contribution >= 0.6 is 0 Å². The minimum atomic E-state index is -0.951. The van der Waals surface area contributed by atoms with Crippen LogP contribution in [0.25, 0.3) is 0 Å². The maximum Gasteiger partial charge on any atom is 0.171 e. The van der Waals surface area contributed by atoms with Crippen LogP contribution in [0.4, 0.5) is 5.69 Å². The molecule has 2 heterocycles. The molecule has 0 bridgehead atoms. The number of anilines is 1. The normalized spacial score (nSPS) is 41.1. The third-order valence-electron chi connectivity index (χ3n) is 13.2. The van der Waals surface area contributed by atoms with Crippen molar-refractivity contribution < 1.29 is 29.2 Å². The molecule has 1 unspecified atom stereocenters. The lowest BCUT2D eigenvalue weighted by Gasteiger charge is -2.58. The Bertz CT molecular complexity index is 1350. The van der Waals surface area contributed by atoms with Gasteiger partial charge < -0.3 is 34.1 Å². The van der Waals surface area contributed by atoms with Gasteiger partial charge in [-0.05, 0) is 92.4 Å². The van der Waals surface area contributed by atoms with Gasteiger partial charge >= 0.3 is 0 Å². The van der Waals surface area contributed by atoms with Crippen LogP contribution in [-0.2, 0) is 18.9 Å². The Morgan fingerprint density at radius 3 is 2.43 bits per heavy atom. The van der Waals surface area contributed by atoms with Gasteiger partial charge in [0, 0.05) is 56.0 Å². The van der Waals surface area contributed by atoms with Crippen LogP contribution in [0, 0.1) is 28.6 Å². The van der Waals surface area contributed by atoms with Crippen LogP contribution in [0.15, 0.2) is 47.6 Å². The second-order valence-electron chi connectivity index (χ2n) is 17.2. The summed E-state index contributed by atoms with van der Waals surface area (Å²) >= 11 is 0. The second-order valence-corrected chi connectivity index (χ2v) is 17.2. The van der Waals surface area contributed by atoms with Crippen LogP contribution in [0.5, 0.6) is 0 Å². The van der Waals surface area contributed by atoms with E-state index < -0.39 is 17.0 Å². The summed E-state index contributed by atoms with van der Waals surface area (Å²) in [4.78, 5) is 2.14. The van der Waals surface area contributed by atoms with Crippen molar-refractivity contribution in [2.45, 2.75) is 121 Å². The number of hydrogen-bond acceptors (Lipinski definition) is 7. The Morgan fingerprint density at radius 1 is 1.00 bits per heavy atom. The van der Waals surface area contributed by atoms with Crippen molar-refractivity contribution in [3.05, 3.63) is 53.1 Å². The SMILES string of the molecule is C[C@H]1C[C@H]2[C@@H]3CC[C@@]4(O)CC5(CCC4=C3[C@@H](c3ccc(N(C)C)cc3)C[C@]2(C)[C@]1(O)/C=C\COC1CCCCO1)OCC(C)(C)CO5. The first-order valence-electron chi connectivity index (χ1n) is 18.4. The summed E-state index contributed by atoms with van der Waals surface area (Å²) in [6.07, 6.45) is 12.7. The van der Waals surface area contributed by atoms with Gasteiger partial charge in [0.2, 0.25) is 0 Å². The predicted octanol–water partition coefficient (Wildman–Crippen LogP) is 7.12. The molecular formula is C40H59NO6. The first-order chi connectivity index (χ1) is 22.3. The van der Waals surface area contributed by atoms with Gasteiger partial charge in [-0.25, -0.2) is 0 Å². The van der Waals surface area contributed by atoms with Crippen molar-refractivity contribution >= 4 is 5.69 Å². The van der Waals surface area contributed by atoms with Crippen molar-refractivity contribution in [1.29, 1.82) is 0 Å². The van der Waals surface area contributed by atoms with E-state index in [2.05, 4.69) is 77.0 Å². The molecule has 0 radical (unpaired) electrons. The number of benzene rings is 1. The van der Waals surface area contributed by atoms with Crippen LogP contribution in [-0.4, -0.2) is 74.0 Å². The molecule has 4 aliphatic carbocycles. The zero-order chi connectivity index (χ0) is 33.2. The zero-order valence-electron chi connectivity index (χ0n) is 29.7. The summed E-state index contributed by atoms with van der Waals surface area (Å²) in [5, 5.41) is 25.3. The van der Waals surface area contributed by atoms with Gasteiger partial charge in [-0.3, -0.25) is 0 Å². The second kappa shape index (κ2) is 12.2. The quantitative estimate of drug-likeness (QED) is 0.318. The molecule has 0 aromatic heterocycles. The van der Waals surface area contributed by atoms with Crippen molar-refractivity contribution in [3.8, 4) is 0 Å². The Labute approximate surface area is 282 Å². The minimum absolute atomic E-state index is 0.0118. The Morgan fingerprint density at radius 2 is 1.74 bits per heavy atom. The van der Waals surface area contributed by atoms with E-state index in [9.17, 15) is 10.2 Å². The van der Waals surface area contributed by atoms with Gasteiger partial charge in [0.25, 0.3) is 0 Å². The number of fused-ring (bicyclic) bond motifs is 4. The molecule has 8 atom stereocenters. The highest BCUT2D eigenvalue weighted by Crippen LogP contribution is 2.69. The molecule has 2 saturated heterocycles. The molecule has 1 aromatic rings. The fourth-order valence-corrected chi connectivity index (χ4v) is 10.5. The number of hydrogen-bond donors (Lipinski definition) is 2. The molecule has 2 N–H and O–H groups in total. The highest BCUT2D eigenvalue weighted by Gasteiger charge is 2.66. The highest BCUT2D eigenvalue weighted by molar-refractivity contribution is 5.50. The molecule has 1 spiro atoms. The van der Waals surface area contributed by atoms with E-state index in [1.165, 1.54) is 22.4 Å². The predicted molar refractivity (Wildman–Crippen MR) is 184 cm³/mol. The molecule has 260 valence electrons. The largest absolute Gasteiger partial charge is 0.385 e. The van der Waals surface area contributed by atoms with Crippen LogP contribution in [0.1, 0.15) is 103 Å². The molecule has 7 rings (SSSR count). The van der Waals surface area contributed by atoms with Crippen LogP contribution < -0.4 is 4.90 Å². The summed E-state index contributed by atoms with van der Waals surface area (Å²) in [6.45, 7) is 11.5. The average molecular weight is 650 g/mol. The molecule has 2 aliphatic heterocycles. The van der Waals surface area contributed by atoms with Crippen LogP contribution in [0.2, 0.25) is 0 Å². The van der Waals surface area contributed by atoms with Crippen molar-refractivity contribution in [1.82, 2.24) is 0 Å². The average Bonchev–Trinajstić information content (AvgIpc) is 3.25. The minimum Gasteiger partial charge on any atom is -0.385 e. The monoisotopic (exact) mass is 649 g/mol. The van der Waals surface area contributed by atoms with E-state index >= 15 is 0 Å². The van der Waals surface area contributed by atoms with Gasteiger partial charge in [-0.2, -0.15) is 0 Å². The molecular weight excluding hydrogens is 590 g/mol.